The van der Waals surface area contributed by atoms with Crippen molar-refractivity contribution in [2.24, 2.45) is 5.73 Å². The summed E-state index contributed by atoms with van der Waals surface area (Å²) in [6, 6.07) is 3.28. The van der Waals surface area contributed by atoms with Crippen LogP contribution in [0, 0.1) is 0 Å². The minimum Gasteiger partial charge on any atom is -0.324 e. The zero-order valence-electron chi connectivity index (χ0n) is 8.56. The summed E-state index contributed by atoms with van der Waals surface area (Å²) in [6.45, 7) is 2.12. The Balaban J connectivity index is 2.96. The number of halogens is 3. The van der Waals surface area contributed by atoms with Crippen LogP contribution in [-0.4, -0.2) is 0 Å². The van der Waals surface area contributed by atoms with E-state index in [-0.39, 0.29) is 6.04 Å². The molecule has 0 aliphatic carbocycles. The monoisotopic (exact) mass is 265 g/mol. The molecule has 15 heavy (non-hydrogen) atoms. The summed E-state index contributed by atoms with van der Waals surface area (Å²) in [5.74, 6) is 0. The van der Waals surface area contributed by atoms with Crippen LogP contribution >= 0.6 is 34.8 Å². The molecule has 0 heterocycles. The Labute approximate surface area is 106 Å². The van der Waals surface area contributed by atoms with Crippen LogP contribution in [0.1, 0.15) is 37.8 Å². The number of hydrogen-bond acceptors (Lipinski definition) is 1. The number of benzene rings is 1. The summed E-state index contributed by atoms with van der Waals surface area (Å²) in [7, 11) is 0. The van der Waals surface area contributed by atoms with Gasteiger partial charge in [-0.05, 0) is 18.6 Å². The fourth-order valence-corrected chi connectivity index (χ4v) is 2.27. The molecule has 0 saturated carbocycles. The lowest BCUT2D eigenvalue weighted by molar-refractivity contribution is 0.604. The third-order valence-corrected chi connectivity index (χ3v) is 3.47. The summed E-state index contributed by atoms with van der Waals surface area (Å²) in [5.41, 5.74) is 6.79. The van der Waals surface area contributed by atoms with E-state index in [0.29, 0.717) is 15.1 Å². The van der Waals surface area contributed by atoms with E-state index in [1.165, 1.54) is 0 Å². The fourth-order valence-electron chi connectivity index (χ4n) is 1.45. The highest BCUT2D eigenvalue weighted by Crippen LogP contribution is 2.36. The molecular formula is C11H14Cl3N. The molecule has 4 heteroatoms. The summed E-state index contributed by atoms with van der Waals surface area (Å²) >= 11 is 18.0. The van der Waals surface area contributed by atoms with Crippen LogP contribution in [0.3, 0.4) is 0 Å². The van der Waals surface area contributed by atoms with E-state index in [0.717, 1.165) is 24.8 Å². The van der Waals surface area contributed by atoms with Gasteiger partial charge in [0.05, 0.1) is 10.0 Å². The third-order valence-electron chi connectivity index (χ3n) is 2.32. The van der Waals surface area contributed by atoms with Crippen LogP contribution in [0.4, 0.5) is 0 Å². The van der Waals surface area contributed by atoms with E-state index < -0.39 is 0 Å². The van der Waals surface area contributed by atoms with Gasteiger partial charge in [0.25, 0.3) is 0 Å². The van der Waals surface area contributed by atoms with Crippen LogP contribution in [-0.2, 0) is 0 Å². The molecule has 0 fully saturated rings. The van der Waals surface area contributed by atoms with Crippen molar-refractivity contribution in [3.63, 3.8) is 0 Å². The average molecular weight is 267 g/mol. The van der Waals surface area contributed by atoms with Crippen molar-refractivity contribution in [2.75, 3.05) is 0 Å². The first-order chi connectivity index (χ1) is 7.07. The quantitative estimate of drug-likeness (QED) is 0.776. The molecule has 0 amide bonds. The first-order valence-corrected chi connectivity index (χ1v) is 6.10. The van der Waals surface area contributed by atoms with Crippen LogP contribution in [0.5, 0.6) is 0 Å². The molecule has 0 aliphatic rings. The second-order valence-corrected chi connectivity index (χ2v) is 4.70. The van der Waals surface area contributed by atoms with Crippen molar-refractivity contribution >= 4 is 34.8 Å². The Morgan fingerprint density at radius 3 is 2.40 bits per heavy atom. The van der Waals surface area contributed by atoms with E-state index in [2.05, 4.69) is 6.92 Å². The highest BCUT2D eigenvalue weighted by molar-refractivity contribution is 6.44. The standard InChI is InChI=1S/C11H14Cl3N/c1-2-3-4-9(15)10-7(12)5-6-8(13)11(10)14/h5-6,9H,2-4,15H2,1H3/t9-/m0/s1. The molecule has 1 nitrogen and oxygen atoms in total. The van der Waals surface area contributed by atoms with Gasteiger partial charge in [-0.2, -0.15) is 0 Å². The van der Waals surface area contributed by atoms with E-state index >= 15 is 0 Å². The molecule has 0 aromatic heterocycles. The number of unbranched alkanes of at least 4 members (excludes halogenated alkanes) is 1. The minimum atomic E-state index is -0.136. The lowest BCUT2D eigenvalue weighted by atomic mass is 10.0. The van der Waals surface area contributed by atoms with Crippen molar-refractivity contribution in [2.45, 2.75) is 32.2 Å². The molecule has 2 N–H and O–H groups in total. The number of nitrogens with two attached hydrogens (primary N) is 1. The predicted molar refractivity (Wildman–Crippen MR) is 67.9 cm³/mol. The highest BCUT2D eigenvalue weighted by atomic mass is 35.5. The smallest absolute Gasteiger partial charge is 0.0654 e. The van der Waals surface area contributed by atoms with Crippen LogP contribution in [0.25, 0.3) is 0 Å². The maximum atomic E-state index is 6.08. The van der Waals surface area contributed by atoms with Crippen molar-refractivity contribution in [3.8, 4) is 0 Å². The van der Waals surface area contributed by atoms with E-state index in [1.807, 2.05) is 0 Å². The molecule has 1 aromatic carbocycles. The lowest BCUT2D eigenvalue weighted by Crippen LogP contribution is -2.11. The van der Waals surface area contributed by atoms with Gasteiger partial charge in [0.2, 0.25) is 0 Å². The highest BCUT2D eigenvalue weighted by Gasteiger charge is 2.15. The second kappa shape index (κ2) is 5.95. The fraction of sp³-hybridized carbons (Fsp3) is 0.455. The first kappa shape index (κ1) is 13.1. The molecule has 1 atom stereocenters. The molecule has 0 unspecified atom stereocenters. The number of rotatable bonds is 4. The third kappa shape index (κ3) is 3.25. The van der Waals surface area contributed by atoms with Gasteiger partial charge in [0.15, 0.2) is 0 Å². The number of hydrogen-bond donors (Lipinski definition) is 1. The van der Waals surface area contributed by atoms with E-state index in [4.69, 9.17) is 40.5 Å². The topological polar surface area (TPSA) is 26.0 Å². The van der Waals surface area contributed by atoms with Gasteiger partial charge in [-0.1, -0.05) is 54.6 Å². The van der Waals surface area contributed by atoms with Gasteiger partial charge >= 0.3 is 0 Å². The van der Waals surface area contributed by atoms with Crippen LogP contribution < -0.4 is 5.73 Å². The van der Waals surface area contributed by atoms with Crippen molar-refractivity contribution in [1.29, 1.82) is 0 Å². The Bertz CT molecular complexity index is 339. The van der Waals surface area contributed by atoms with Crippen LogP contribution in [0.2, 0.25) is 15.1 Å². The van der Waals surface area contributed by atoms with Crippen molar-refractivity contribution in [3.05, 3.63) is 32.8 Å². The van der Waals surface area contributed by atoms with Gasteiger partial charge in [-0.15, -0.1) is 0 Å². The van der Waals surface area contributed by atoms with Gasteiger partial charge in [0, 0.05) is 16.6 Å². The summed E-state index contributed by atoms with van der Waals surface area (Å²) in [5, 5.41) is 1.57. The van der Waals surface area contributed by atoms with Gasteiger partial charge < -0.3 is 5.73 Å². The van der Waals surface area contributed by atoms with Gasteiger partial charge in [0.1, 0.15) is 0 Å². The Morgan fingerprint density at radius 2 is 1.80 bits per heavy atom. The molecular weight excluding hydrogens is 252 g/mol. The molecule has 0 aliphatic heterocycles. The molecule has 1 rings (SSSR count). The minimum absolute atomic E-state index is 0.136. The molecule has 1 aromatic rings. The first-order valence-electron chi connectivity index (χ1n) is 4.96. The van der Waals surface area contributed by atoms with Crippen LogP contribution in [0.15, 0.2) is 12.1 Å². The Hall–Kier alpha value is 0.0500. The largest absolute Gasteiger partial charge is 0.324 e. The zero-order chi connectivity index (χ0) is 11.4. The van der Waals surface area contributed by atoms with E-state index in [9.17, 15) is 0 Å². The zero-order valence-corrected chi connectivity index (χ0v) is 10.8. The van der Waals surface area contributed by atoms with Gasteiger partial charge in [-0.3, -0.25) is 0 Å². The maximum Gasteiger partial charge on any atom is 0.0654 e. The van der Waals surface area contributed by atoms with Crippen molar-refractivity contribution in [1.82, 2.24) is 0 Å². The molecule has 0 saturated heterocycles. The average Bonchev–Trinajstić information content (AvgIpc) is 2.21. The molecule has 84 valence electrons. The Morgan fingerprint density at radius 1 is 1.20 bits per heavy atom. The summed E-state index contributed by atoms with van der Waals surface area (Å²) < 4.78 is 0. The molecule has 0 radical (unpaired) electrons. The Kier molecular flexibility index (Phi) is 5.20. The van der Waals surface area contributed by atoms with Gasteiger partial charge in [-0.25, -0.2) is 0 Å². The molecule has 0 spiro atoms. The SMILES string of the molecule is CCCC[C@H](N)c1c(Cl)ccc(Cl)c1Cl. The second-order valence-electron chi connectivity index (χ2n) is 3.51. The predicted octanol–water partition coefficient (Wildman–Crippen LogP) is 4.84. The summed E-state index contributed by atoms with van der Waals surface area (Å²) in [6.07, 6.45) is 3.03. The maximum absolute atomic E-state index is 6.08. The lowest BCUT2D eigenvalue weighted by Gasteiger charge is -2.15. The molecule has 0 bridgehead atoms. The van der Waals surface area contributed by atoms with E-state index in [1.54, 1.807) is 12.1 Å². The van der Waals surface area contributed by atoms with Crippen molar-refractivity contribution < 1.29 is 0 Å². The summed E-state index contributed by atoms with van der Waals surface area (Å²) in [4.78, 5) is 0. The normalized spacial score (nSPS) is 12.9.